The van der Waals surface area contributed by atoms with Gasteiger partial charge in [0.1, 0.15) is 6.04 Å². The summed E-state index contributed by atoms with van der Waals surface area (Å²) in [4.78, 5) is 25.4. The number of amides is 1. The number of carbonyl (C=O) groups is 2. The molecular weight excluding hydrogens is 218 g/mol. The highest BCUT2D eigenvalue weighted by molar-refractivity contribution is 5.96. The molecule has 1 fully saturated rings. The van der Waals surface area contributed by atoms with Crippen LogP contribution in [-0.4, -0.2) is 36.0 Å². The fraction of sp³-hybridized carbons (Fsp3) is 0.692. The second kappa shape index (κ2) is 6.42. The molecule has 1 aliphatic rings. The predicted octanol–water partition coefficient (Wildman–Crippen LogP) is 1.90. The Hall–Kier alpha value is -1.32. The van der Waals surface area contributed by atoms with Crippen molar-refractivity contribution in [2.24, 2.45) is 0 Å². The molecule has 0 aromatic heterocycles. The molecule has 96 valence electrons. The first-order valence-corrected chi connectivity index (χ1v) is 6.26. The summed E-state index contributed by atoms with van der Waals surface area (Å²) in [7, 11) is 0. The molecule has 0 saturated carbocycles. The monoisotopic (exact) mass is 239 g/mol. The summed E-state index contributed by atoms with van der Waals surface area (Å²) < 4.78 is 4.99. The van der Waals surface area contributed by atoms with Crippen LogP contribution >= 0.6 is 0 Å². The smallest absolute Gasteiger partial charge is 0.328 e. The highest BCUT2D eigenvalue weighted by Gasteiger charge is 2.35. The third-order valence-electron chi connectivity index (χ3n) is 2.92. The molecule has 1 rings (SSSR count). The summed E-state index contributed by atoms with van der Waals surface area (Å²) >= 11 is 0. The van der Waals surface area contributed by atoms with Gasteiger partial charge in [-0.05, 0) is 33.1 Å². The Bertz CT molecular complexity index is 323. The molecule has 0 N–H and O–H groups in total. The average molecular weight is 239 g/mol. The molecule has 0 bridgehead atoms. The minimum Gasteiger partial charge on any atom is -0.464 e. The lowest BCUT2D eigenvalue weighted by atomic mass is 10.2. The number of likely N-dealkylation sites (tertiary alicyclic amines) is 1. The third-order valence-corrected chi connectivity index (χ3v) is 2.92. The topological polar surface area (TPSA) is 46.6 Å². The Morgan fingerprint density at radius 2 is 2.12 bits per heavy atom. The largest absolute Gasteiger partial charge is 0.464 e. The van der Waals surface area contributed by atoms with Crippen LogP contribution in [0.5, 0.6) is 0 Å². The number of hydrogen-bond donors (Lipinski definition) is 0. The molecule has 4 heteroatoms. The van der Waals surface area contributed by atoms with Crippen molar-refractivity contribution >= 4 is 11.9 Å². The lowest BCUT2D eigenvalue weighted by molar-refractivity contribution is -0.152. The first kappa shape index (κ1) is 13.7. The number of carbonyl (C=O) groups excluding carboxylic acids is 2. The second-order valence-corrected chi connectivity index (χ2v) is 4.20. The van der Waals surface area contributed by atoms with Crippen LogP contribution in [0.2, 0.25) is 0 Å². The Kier molecular flexibility index (Phi) is 5.19. The van der Waals surface area contributed by atoms with Crippen molar-refractivity contribution in [2.45, 2.75) is 46.1 Å². The minimum absolute atomic E-state index is 0.0394. The van der Waals surface area contributed by atoms with Gasteiger partial charge in [-0.1, -0.05) is 13.0 Å². The van der Waals surface area contributed by atoms with Crippen LogP contribution in [-0.2, 0) is 14.3 Å². The number of esters is 1. The van der Waals surface area contributed by atoms with E-state index in [1.54, 1.807) is 18.7 Å². The van der Waals surface area contributed by atoms with E-state index in [1.165, 1.54) is 0 Å². The Morgan fingerprint density at radius 1 is 1.41 bits per heavy atom. The maximum atomic E-state index is 12.1. The Balaban J connectivity index is 2.72. The average Bonchev–Trinajstić information content (AvgIpc) is 2.77. The van der Waals surface area contributed by atoms with E-state index in [1.807, 2.05) is 13.0 Å². The van der Waals surface area contributed by atoms with Crippen LogP contribution in [0.1, 0.15) is 40.0 Å². The van der Waals surface area contributed by atoms with Gasteiger partial charge >= 0.3 is 5.97 Å². The predicted molar refractivity (Wildman–Crippen MR) is 65.4 cm³/mol. The number of allylic oxidation sites excluding steroid dienone is 1. The summed E-state index contributed by atoms with van der Waals surface area (Å²) in [5.41, 5.74) is 0.712. The van der Waals surface area contributed by atoms with Gasteiger partial charge in [-0.25, -0.2) is 4.79 Å². The van der Waals surface area contributed by atoms with Gasteiger partial charge < -0.3 is 9.64 Å². The molecule has 0 aliphatic carbocycles. The quantitative estimate of drug-likeness (QED) is 0.556. The highest BCUT2D eigenvalue weighted by atomic mass is 16.5. The van der Waals surface area contributed by atoms with E-state index in [4.69, 9.17) is 4.74 Å². The van der Waals surface area contributed by atoms with E-state index in [9.17, 15) is 9.59 Å². The molecule has 17 heavy (non-hydrogen) atoms. The molecule has 1 heterocycles. The van der Waals surface area contributed by atoms with Gasteiger partial charge in [0.15, 0.2) is 0 Å². The van der Waals surface area contributed by atoms with Gasteiger partial charge in [0.25, 0.3) is 0 Å². The maximum absolute atomic E-state index is 12.1. The van der Waals surface area contributed by atoms with E-state index in [2.05, 4.69) is 0 Å². The summed E-state index contributed by atoms with van der Waals surface area (Å²) in [5, 5.41) is 0. The fourth-order valence-corrected chi connectivity index (χ4v) is 2.11. The molecule has 0 spiro atoms. The van der Waals surface area contributed by atoms with Crippen LogP contribution in [0.25, 0.3) is 0 Å². The molecule has 1 aliphatic heterocycles. The van der Waals surface area contributed by atoms with Crippen molar-refractivity contribution in [3.63, 3.8) is 0 Å². The van der Waals surface area contributed by atoms with Crippen LogP contribution in [0.15, 0.2) is 11.6 Å². The maximum Gasteiger partial charge on any atom is 0.328 e. The van der Waals surface area contributed by atoms with Crippen molar-refractivity contribution < 1.29 is 14.3 Å². The standard InChI is InChI=1S/C13H21NO3/c1-4-7-10(3)12(15)14-9-6-8-11(14)13(16)17-5-2/h7,11H,4-6,8-9H2,1-3H3. The minimum atomic E-state index is -0.386. The van der Waals surface area contributed by atoms with Crippen LogP contribution in [0.3, 0.4) is 0 Å². The zero-order valence-corrected chi connectivity index (χ0v) is 10.9. The van der Waals surface area contributed by atoms with Crippen LogP contribution in [0.4, 0.5) is 0 Å². The number of rotatable bonds is 4. The SMILES string of the molecule is CCC=C(C)C(=O)N1CCCC1C(=O)OCC. The zero-order valence-electron chi connectivity index (χ0n) is 10.9. The van der Waals surface area contributed by atoms with E-state index < -0.39 is 0 Å². The molecule has 0 aromatic carbocycles. The van der Waals surface area contributed by atoms with E-state index >= 15 is 0 Å². The fourth-order valence-electron chi connectivity index (χ4n) is 2.11. The molecule has 1 saturated heterocycles. The third kappa shape index (κ3) is 3.32. The molecule has 1 atom stereocenters. The number of hydrogen-bond acceptors (Lipinski definition) is 3. The lowest BCUT2D eigenvalue weighted by Crippen LogP contribution is -2.41. The molecule has 1 unspecified atom stereocenters. The molecule has 1 amide bonds. The molecule has 0 radical (unpaired) electrons. The first-order chi connectivity index (χ1) is 8.11. The molecule has 0 aromatic rings. The van der Waals surface area contributed by atoms with E-state index in [-0.39, 0.29) is 17.9 Å². The zero-order chi connectivity index (χ0) is 12.8. The van der Waals surface area contributed by atoms with Crippen LogP contribution < -0.4 is 0 Å². The summed E-state index contributed by atoms with van der Waals surface area (Å²) in [6, 6.07) is -0.386. The highest BCUT2D eigenvalue weighted by Crippen LogP contribution is 2.20. The van der Waals surface area contributed by atoms with Gasteiger partial charge in [0, 0.05) is 12.1 Å². The van der Waals surface area contributed by atoms with Gasteiger partial charge in [0.2, 0.25) is 5.91 Å². The van der Waals surface area contributed by atoms with Crippen molar-refractivity contribution in [3.05, 3.63) is 11.6 Å². The van der Waals surface area contributed by atoms with Crippen LogP contribution in [0, 0.1) is 0 Å². The number of ether oxygens (including phenoxy) is 1. The normalized spacial score (nSPS) is 20.5. The van der Waals surface area contributed by atoms with Crippen molar-refractivity contribution in [2.75, 3.05) is 13.2 Å². The first-order valence-electron chi connectivity index (χ1n) is 6.26. The summed E-state index contributed by atoms with van der Waals surface area (Å²) in [5.74, 6) is -0.315. The van der Waals surface area contributed by atoms with E-state index in [0.29, 0.717) is 25.1 Å². The summed E-state index contributed by atoms with van der Waals surface area (Å²) in [6.07, 6.45) is 4.30. The Morgan fingerprint density at radius 3 is 2.71 bits per heavy atom. The molecule has 4 nitrogen and oxygen atoms in total. The number of nitrogens with zero attached hydrogens (tertiary/aromatic N) is 1. The Labute approximate surface area is 103 Å². The van der Waals surface area contributed by atoms with Gasteiger partial charge in [-0.15, -0.1) is 0 Å². The van der Waals surface area contributed by atoms with Gasteiger partial charge in [-0.2, -0.15) is 0 Å². The van der Waals surface area contributed by atoms with Crippen molar-refractivity contribution in [1.82, 2.24) is 4.90 Å². The lowest BCUT2D eigenvalue weighted by Gasteiger charge is -2.23. The van der Waals surface area contributed by atoms with Crippen molar-refractivity contribution in [3.8, 4) is 0 Å². The van der Waals surface area contributed by atoms with Gasteiger partial charge in [0.05, 0.1) is 6.61 Å². The second-order valence-electron chi connectivity index (χ2n) is 4.20. The molecular formula is C13H21NO3. The van der Waals surface area contributed by atoms with Crippen molar-refractivity contribution in [1.29, 1.82) is 0 Å². The summed E-state index contributed by atoms with van der Waals surface area (Å²) in [6.45, 7) is 6.58. The van der Waals surface area contributed by atoms with E-state index in [0.717, 1.165) is 12.8 Å². The van der Waals surface area contributed by atoms with Gasteiger partial charge in [-0.3, -0.25) is 4.79 Å².